The molecule has 0 spiro atoms. The van der Waals surface area contributed by atoms with E-state index in [2.05, 4.69) is 31.4 Å². The SMILES string of the molecule is CNCC(=O)c1ccc2n[nH]c(Br)c2c1. The summed E-state index contributed by atoms with van der Waals surface area (Å²) in [6, 6.07) is 5.46. The van der Waals surface area contributed by atoms with Crippen molar-refractivity contribution in [2.75, 3.05) is 13.6 Å². The summed E-state index contributed by atoms with van der Waals surface area (Å²) in [4.78, 5) is 11.6. The fourth-order valence-corrected chi connectivity index (χ4v) is 1.82. The van der Waals surface area contributed by atoms with Gasteiger partial charge < -0.3 is 5.32 Å². The van der Waals surface area contributed by atoms with Gasteiger partial charge in [-0.1, -0.05) is 0 Å². The molecule has 1 heterocycles. The molecule has 0 amide bonds. The molecule has 0 atom stereocenters. The number of H-pyrrole nitrogens is 1. The number of Topliss-reactive ketones (excluding diaryl/α,β-unsaturated/α-hetero) is 1. The van der Waals surface area contributed by atoms with Crippen LogP contribution in [0.2, 0.25) is 0 Å². The second kappa shape index (κ2) is 4.12. The van der Waals surface area contributed by atoms with Crippen molar-refractivity contribution < 1.29 is 4.79 Å². The Kier molecular flexibility index (Phi) is 2.83. The topological polar surface area (TPSA) is 57.8 Å². The van der Waals surface area contributed by atoms with E-state index in [-0.39, 0.29) is 5.78 Å². The number of aromatic nitrogens is 2. The summed E-state index contributed by atoms with van der Waals surface area (Å²) in [5, 5.41) is 10.6. The Morgan fingerprint density at radius 1 is 1.60 bits per heavy atom. The van der Waals surface area contributed by atoms with Crippen LogP contribution in [0.4, 0.5) is 0 Å². The highest BCUT2D eigenvalue weighted by Gasteiger charge is 2.08. The lowest BCUT2D eigenvalue weighted by atomic mass is 10.1. The molecule has 0 saturated carbocycles. The Morgan fingerprint density at radius 3 is 3.13 bits per heavy atom. The zero-order chi connectivity index (χ0) is 10.8. The Hall–Kier alpha value is -1.20. The van der Waals surface area contributed by atoms with Crippen molar-refractivity contribution in [3.63, 3.8) is 0 Å². The fraction of sp³-hybridized carbons (Fsp3) is 0.200. The van der Waals surface area contributed by atoms with Crippen molar-refractivity contribution in [3.8, 4) is 0 Å². The van der Waals surface area contributed by atoms with Gasteiger partial charge in [0.1, 0.15) is 4.60 Å². The number of halogens is 1. The van der Waals surface area contributed by atoms with Crippen LogP contribution in [0.1, 0.15) is 10.4 Å². The lowest BCUT2D eigenvalue weighted by molar-refractivity contribution is 0.0993. The monoisotopic (exact) mass is 267 g/mol. The van der Waals surface area contributed by atoms with E-state index in [1.807, 2.05) is 12.1 Å². The molecule has 1 aromatic heterocycles. The molecule has 2 N–H and O–H groups in total. The van der Waals surface area contributed by atoms with Crippen LogP contribution in [0.15, 0.2) is 22.8 Å². The van der Waals surface area contributed by atoms with Crippen LogP contribution in [0.3, 0.4) is 0 Å². The van der Waals surface area contributed by atoms with Crippen LogP contribution < -0.4 is 5.32 Å². The maximum absolute atomic E-state index is 11.6. The Labute approximate surface area is 95.2 Å². The van der Waals surface area contributed by atoms with Crippen LogP contribution in [0.5, 0.6) is 0 Å². The van der Waals surface area contributed by atoms with Gasteiger partial charge in [-0.25, -0.2) is 0 Å². The predicted octanol–water partition coefficient (Wildman–Crippen LogP) is 1.73. The number of hydrogen-bond donors (Lipinski definition) is 2. The van der Waals surface area contributed by atoms with E-state index in [0.29, 0.717) is 12.1 Å². The number of likely N-dealkylation sites (N-methyl/N-ethyl adjacent to an activating group) is 1. The average molecular weight is 268 g/mol. The Bertz CT molecular complexity index is 506. The molecule has 0 aliphatic heterocycles. The molecule has 2 rings (SSSR count). The normalized spacial score (nSPS) is 10.8. The van der Waals surface area contributed by atoms with E-state index in [9.17, 15) is 4.79 Å². The maximum atomic E-state index is 11.6. The molecule has 4 nitrogen and oxygen atoms in total. The fourth-order valence-electron chi connectivity index (χ4n) is 1.41. The van der Waals surface area contributed by atoms with E-state index >= 15 is 0 Å². The number of fused-ring (bicyclic) bond motifs is 1. The minimum absolute atomic E-state index is 0.0764. The molecule has 0 aliphatic carbocycles. The first-order chi connectivity index (χ1) is 7.22. The van der Waals surface area contributed by atoms with E-state index in [1.165, 1.54) is 0 Å². The van der Waals surface area contributed by atoms with Crippen LogP contribution in [-0.4, -0.2) is 29.6 Å². The molecule has 0 radical (unpaired) electrons. The molecular weight excluding hydrogens is 258 g/mol. The number of nitrogens with zero attached hydrogens (tertiary/aromatic N) is 1. The van der Waals surface area contributed by atoms with Gasteiger partial charge in [0.05, 0.1) is 12.1 Å². The van der Waals surface area contributed by atoms with Crippen molar-refractivity contribution in [2.24, 2.45) is 0 Å². The maximum Gasteiger partial charge on any atom is 0.176 e. The first-order valence-electron chi connectivity index (χ1n) is 4.54. The molecule has 0 bridgehead atoms. The third kappa shape index (κ3) is 1.93. The molecule has 1 aromatic carbocycles. The third-order valence-electron chi connectivity index (χ3n) is 2.17. The highest BCUT2D eigenvalue weighted by Crippen LogP contribution is 2.21. The number of nitrogens with one attached hydrogen (secondary N) is 2. The summed E-state index contributed by atoms with van der Waals surface area (Å²) in [6.07, 6.45) is 0. The molecular formula is C10H10BrN3O. The van der Waals surface area contributed by atoms with Crippen LogP contribution in [-0.2, 0) is 0 Å². The van der Waals surface area contributed by atoms with Crippen molar-refractivity contribution in [3.05, 3.63) is 28.4 Å². The highest BCUT2D eigenvalue weighted by atomic mass is 79.9. The average Bonchev–Trinajstić information content (AvgIpc) is 2.60. The third-order valence-corrected chi connectivity index (χ3v) is 2.77. The summed E-state index contributed by atoms with van der Waals surface area (Å²) in [5.74, 6) is 0.0764. The highest BCUT2D eigenvalue weighted by molar-refractivity contribution is 9.10. The van der Waals surface area contributed by atoms with Gasteiger partial charge in [-0.2, -0.15) is 5.10 Å². The minimum Gasteiger partial charge on any atom is -0.313 e. The quantitative estimate of drug-likeness (QED) is 0.833. The molecule has 0 saturated heterocycles. The summed E-state index contributed by atoms with van der Waals surface area (Å²) in [5.41, 5.74) is 1.54. The number of benzene rings is 1. The van der Waals surface area contributed by atoms with E-state index in [0.717, 1.165) is 15.5 Å². The summed E-state index contributed by atoms with van der Waals surface area (Å²) in [7, 11) is 1.75. The second-order valence-corrected chi connectivity index (χ2v) is 4.02. The van der Waals surface area contributed by atoms with Crippen LogP contribution >= 0.6 is 15.9 Å². The number of aromatic amines is 1. The van der Waals surface area contributed by atoms with Gasteiger partial charge in [0.2, 0.25) is 0 Å². The number of carbonyl (C=O) groups is 1. The van der Waals surface area contributed by atoms with Gasteiger partial charge in [-0.05, 0) is 41.2 Å². The smallest absolute Gasteiger partial charge is 0.176 e. The van der Waals surface area contributed by atoms with Crippen molar-refractivity contribution in [2.45, 2.75) is 0 Å². The second-order valence-electron chi connectivity index (χ2n) is 3.22. The van der Waals surface area contributed by atoms with E-state index in [4.69, 9.17) is 0 Å². The molecule has 78 valence electrons. The van der Waals surface area contributed by atoms with Gasteiger partial charge in [-0.15, -0.1) is 0 Å². The van der Waals surface area contributed by atoms with Gasteiger partial charge in [0, 0.05) is 10.9 Å². The van der Waals surface area contributed by atoms with Crippen LogP contribution in [0, 0.1) is 0 Å². The Morgan fingerprint density at radius 2 is 2.40 bits per heavy atom. The standard InChI is InChI=1S/C10H10BrN3O/c1-12-5-9(15)6-2-3-8-7(4-6)10(11)14-13-8/h2-4,12H,5H2,1H3,(H,13,14). The van der Waals surface area contributed by atoms with Gasteiger partial charge in [0.15, 0.2) is 5.78 Å². The van der Waals surface area contributed by atoms with Gasteiger partial charge >= 0.3 is 0 Å². The van der Waals surface area contributed by atoms with Crippen molar-refractivity contribution in [1.29, 1.82) is 0 Å². The molecule has 0 fully saturated rings. The largest absolute Gasteiger partial charge is 0.313 e. The lowest BCUT2D eigenvalue weighted by Gasteiger charge is -1.99. The summed E-state index contributed by atoms with van der Waals surface area (Å²) < 4.78 is 0.802. The molecule has 2 aromatic rings. The number of carbonyl (C=O) groups excluding carboxylic acids is 1. The molecule has 5 heteroatoms. The predicted molar refractivity (Wildman–Crippen MR) is 62.1 cm³/mol. The van der Waals surface area contributed by atoms with Crippen molar-refractivity contribution in [1.82, 2.24) is 15.5 Å². The van der Waals surface area contributed by atoms with Gasteiger partial charge in [0.25, 0.3) is 0 Å². The zero-order valence-electron chi connectivity index (χ0n) is 8.17. The Balaban J connectivity index is 2.45. The molecule has 15 heavy (non-hydrogen) atoms. The lowest BCUT2D eigenvalue weighted by Crippen LogP contribution is -2.18. The van der Waals surface area contributed by atoms with Crippen molar-refractivity contribution >= 4 is 32.6 Å². The number of rotatable bonds is 3. The van der Waals surface area contributed by atoms with E-state index < -0.39 is 0 Å². The minimum atomic E-state index is 0.0764. The van der Waals surface area contributed by atoms with Crippen LogP contribution in [0.25, 0.3) is 10.9 Å². The zero-order valence-corrected chi connectivity index (χ0v) is 9.76. The van der Waals surface area contributed by atoms with E-state index in [1.54, 1.807) is 13.1 Å². The van der Waals surface area contributed by atoms with Gasteiger partial charge in [-0.3, -0.25) is 9.89 Å². The molecule has 0 aliphatic rings. The summed E-state index contributed by atoms with van der Waals surface area (Å²) >= 11 is 3.34. The number of hydrogen-bond acceptors (Lipinski definition) is 3. The number of ketones is 1. The molecule has 0 unspecified atom stereocenters. The summed E-state index contributed by atoms with van der Waals surface area (Å²) in [6.45, 7) is 0.348. The first kappa shape index (κ1) is 10.3. The first-order valence-corrected chi connectivity index (χ1v) is 5.33.